The highest BCUT2D eigenvalue weighted by atomic mass is 19.1. The summed E-state index contributed by atoms with van der Waals surface area (Å²) in [5, 5.41) is 6.09. The van der Waals surface area contributed by atoms with Gasteiger partial charge in [-0.05, 0) is 25.0 Å². The van der Waals surface area contributed by atoms with Gasteiger partial charge in [-0.3, -0.25) is 4.57 Å². The van der Waals surface area contributed by atoms with Crippen LogP contribution in [0.5, 0.6) is 0 Å². The molecular formula is C18H23FN6. The van der Waals surface area contributed by atoms with Crippen molar-refractivity contribution in [3.8, 4) is 0 Å². The van der Waals surface area contributed by atoms with E-state index >= 15 is 0 Å². The van der Waals surface area contributed by atoms with Crippen molar-refractivity contribution in [2.45, 2.75) is 39.2 Å². The van der Waals surface area contributed by atoms with Gasteiger partial charge in [-0.25, -0.2) is 14.4 Å². The van der Waals surface area contributed by atoms with Gasteiger partial charge in [-0.2, -0.15) is 4.98 Å². The maximum atomic E-state index is 14.0. The molecule has 6 nitrogen and oxygen atoms in total. The minimum atomic E-state index is -0.301. The molecule has 0 saturated heterocycles. The van der Waals surface area contributed by atoms with Crippen molar-refractivity contribution in [1.29, 1.82) is 0 Å². The number of aromatic nitrogens is 4. The Hall–Kier alpha value is -2.70. The number of hydrogen-bond donors (Lipinski definition) is 2. The predicted octanol–water partition coefficient (Wildman–Crippen LogP) is 4.50. The molecule has 1 aliphatic carbocycles. The van der Waals surface area contributed by atoms with Gasteiger partial charge in [-0.1, -0.05) is 32.4 Å². The summed E-state index contributed by atoms with van der Waals surface area (Å²) in [7, 11) is 1.79. The van der Waals surface area contributed by atoms with Gasteiger partial charge in [0.05, 0.1) is 11.9 Å². The van der Waals surface area contributed by atoms with Crippen molar-refractivity contribution in [2.24, 2.45) is 0 Å². The van der Waals surface area contributed by atoms with Crippen LogP contribution in [0.1, 0.15) is 39.2 Å². The fraction of sp³-hybridized carbons (Fsp3) is 0.389. The van der Waals surface area contributed by atoms with Gasteiger partial charge in [0.1, 0.15) is 11.3 Å². The first-order chi connectivity index (χ1) is 11.8. The molecule has 0 radical (unpaired) electrons. The molecule has 0 spiro atoms. The fourth-order valence-electron chi connectivity index (χ4n) is 3.29. The van der Waals surface area contributed by atoms with Crippen molar-refractivity contribution in [2.75, 3.05) is 17.7 Å². The molecule has 2 heterocycles. The summed E-state index contributed by atoms with van der Waals surface area (Å²) in [4.78, 5) is 13.4. The average molecular weight is 342 g/mol. The zero-order valence-corrected chi connectivity index (χ0v) is 13.5. The molecule has 0 unspecified atom stereocenters. The highest BCUT2D eigenvalue weighted by Crippen LogP contribution is 2.35. The number of anilines is 3. The van der Waals surface area contributed by atoms with Gasteiger partial charge in [-0.15, -0.1) is 0 Å². The van der Waals surface area contributed by atoms with E-state index in [-0.39, 0.29) is 13.2 Å². The van der Waals surface area contributed by atoms with Crippen LogP contribution in [0.3, 0.4) is 0 Å². The first kappa shape index (κ1) is 17.1. The van der Waals surface area contributed by atoms with E-state index in [1.165, 1.54) is 18.9 Å². The molecule has 1 aromatic carbocycles. The zero-order chi connectivity index (χ0) is 16.5. The largest absolute Gasteiger partial charge is 0.357 e. The molecule has 1 fully saturated rings. The lowest BCUT2D eigenvalue weighted by atomic mass is 10.2. The standard InChI is InChI=1S/C17H19FN6.CH4/c1-19-16-20-10-14-15(23-16)24(11-6-2-3-7-11)17(22-14)21-13-9-5-4-8-12(13)18;/h4-5,8-11H,2-3,6-7H2,1H3,(H,21,22)(H,19,20,23);1H4. The van der Waals surface area contributed by atoms with Crippen LogP contribution in [0.15, 0.2) is 30.5 Å². The number of imidazole rings is 1. The highest BCUT2D eigenvalue weighted by molar-refractivity contribution is 5.76. The normalized spacial score (nSPS) is 14.5. The lowest BCUT2D eigenvalue weighted by Gasteiger charge is -2.16. The lowest BCUT2D eigenvalue weighted by molar-refractivity contribution is 0.535. The summed E-state index contributed by atoms with van der Waals surface area (Å²) >= 11 is 0. The second-order valence-electron chi connectivity index (χ2n) is 6.00. The molecule has 0 bridgehead atoms. The number of halogens is 1. The Labute approximate surface area is 146 Å². The molecule has 0 aliphatic heterocycles. The van der Waals surface area contributed by atoms with Crippen LogP contribution in [-0.4, -0.2) is 26.6 Å². The van der Waals surface area contributed by atoms with Gasteiger partial charge in [0.25, 0.3) is 0 Å². The number of benzene rings is 1. The van der Waals surface area contributed by atoms with Crippen molar-refractivity contribution in [3.05, 3.63) is 36.3 Å². The van der Waals surface area contributed by atoms with Crippen LogP contribution in [-0.2, 0) is 0 Å². The summed E-state index contributed by atoms with van der Waals surface area (Å²) in [6.45, 7) is 0. The number of fused-ring (bicyclic) bond motifs is 1. The first-order valence-electron chi connectivity index (χ1n) is 8.20. The molecule has 7 heteroatoms. The van der Waals surface area contributed by atoms with E-state index in [2.05, 4.69) is 30.2 Å². The van der Waals surface area contributed by atoms with Gasteiger partial charge < -0.3 is 10.6 Å². The third-order valence-electron chi connectivity index (χ3n) is 4.47. The molecule has 2 aromatic heterocycles. The second-order valence-corrected chi connectivity index (χ2v) is 6.00. The Morgan fingerprint density at radius 1 is 1.16 bits per heavy atom. The third-order valence-corrected chi connectivity index (χ3v) is 4.47. The van der Waals surface area contributed by atoms with Crippen LogP contribution in [0, 0.1) is 5.82 Å². The Bertz CT molecular complexity index is 869. The van der Waals surface area contributed by atoms with Crippen LogP contribution >= 0.6 is 0 Å². The number of rotatable bonds is 4. The van der Waals surface area contributed by atoms with E-state index in [1.807, 2.05) is 0 Å². The average Bonchev–Trinajstić information content (AvgIpc) is 3.23. The topological polar surface area (TPSA) is 67.7 Å². The van der Waals surface area contributed by atoms with Crippen molar-refractivity contribution in [1.82, 2.24) is 19.5 Å². The van der Waals surface area contributed by atoms with E-state index < -0.39 is 0 Å². The number of nitrogens with zero attached hydrogens (tertiary/aromatic N) is 4. The van der Waals surface area contributed by atoms with Crippen LogP contribution in [0.4, 0.5) is 22.0 Å². The molecule has 132 valence electrons. The minimum absolute atomic E-state index is 0. The smallest absolute Gasteiger partial charge is 0.224 e. The maximum absolute atomic E-state index is 14.0. The van der Waals surface area contributed by atoms with Crippen LogP contribution < -0.4 is 10.6 Å². The van der Waals surface area contributed by atoms with Crippen molar-refractivity contribution >= 4 is 28.7 Å². The van der Waals surface area contributed by atoms with Crippen LogP contribution in [0.2, 0.25) is 0 Å². The molecule has 0 amide bonds. The third kappa shape index (κ3) is 3.14. The minimum Gasteiger partial charge on any atom is -0.357 e. The molecule has 2 N–H and O–H groups in total. The summed E-state index contributed by atoms with van der Waals surface area (Å²) in [6.07, 6.45) is 6.24. The molecule has 3 aromatic rings. The molecule has 1 saturated carbocycles. The van der Waals surface area contributed by atoms with Gasteiger partial charge in [0.15, 0.2) is 5.65 Å². The van der Waals surface area contributed by atoms with E-state index in [1.54, 1.807) is 31.4 Å². The van der Waals surface area contributed by atoms with E-state index in [0.717, 1.165) is 18.5 Å². The molecule has 0 atom stereocenters. The van der Waals surface area contributed by atoms with E-state index in [0.29, 0.717) is 29.1 Å². The van der Waals surface area contributed by atoms with Gasteiger partial charge in [0, 0.05) is 13.1 Å². The van der Waals surface area contributed by atoms with E-state index in [9.17, 15) is 4.39 Å². The lowest BCUT2D eigenvalue weighted by Crippen LogP contribution is -2.10. The number of para-hydroxylation sites is 1. The summed E-state index contributed by atoms with van der Waals surface area (Å²) in [5.41, 5.74) is 1.90. The predicted molar refractivity (Wildman–Crippen MR) is 98.8 cm³/mol. The Morgan fingerprint density at radius 2 is 1.92 bits per heavy atom. The van der Waals surface area contributed by atoms with Gasteiger partial charge >= 0.3 is 0 Å². The SMILES string of the molecule is C.CNc1ncc2nc(Nc3ccccc3F)n(C3CCCC3)c2n1. The summed E-state index contributed by atoms with van der Waals surface area (Å²) in [6, 6.07) is 6.93. The molecule has 4 rings (SSSR count). The summed E-state index contributed by atoms with van der Waals surface area (Å²) in [5.74, 6) is 0.869. The Balaban J connectivity index is 0.00000182. The highest BCUT2D eigenvalue weighted by Gasteiger charge is 2.24. The molecule has 25 heavy (non-hydrogen) atoms. The molecular weight excluding hydrogens is 319 g/mol. The fourth-order valence-corrected chi connectivity index (χ4v) is 3.29. The monoisotopic (exact) mass is 342 g/mol. The maximum Gasteiger partial charge on any atom is 0.224 e. The number of hydrogen-bond acceptors (Lipinski definition) is 5. The second kappa shape index (κ2) is 7.04. The molecule has 1 aliphatic rings. The van der Waals surface area contributed by atoms with E-state index in [4.69, 9.17) is 0 Å². The Kier molecular flexibility index (Phi) is 4.83. The summed E-state index contributed by atoms with van der Waals surface area (Å²) < 4.78 is 16.1. The zero-order valence-electron chi connectivity index (χ0n) is 13.5. The van der Waals surface area contributed by atoms with Crippen molar-refractivity contribution in [3.63, 3.8) is 0 Å². The van der Waals surface area contributed by atoms with Crippen molar-refractivity contribution < 1.29 is 4.39 Å². The quantitative estimate of drug-likeness (QED) is 0.730. The van der Waals surface area contributed by atoms with Gasteiger partial charge in [0.2, 0.25) is 11.9 Å². The first-order valence-corrected chi connectivity index (χ1v) is 8.20. The number of nitrogens with one attached hydrogen (secondary N) is 2. The van der Waals surface area contributed by atoms with Crippen LogP contribution in [0.25, 0.3) is 11.2 Å². The Morgan fingerprint density at radius 3 is 2.64 bits per heavy atom.